The molecule has 0 radical (unpaired) electrons. The smallest absolute Gasteiger partial charge is 0.350 e. The third-order valence-corrected chi connectivity index (χ3v) is 7.69. The second kappa shape index (κ2) is 10.3. The summed E-state index contributed by atoms with van der Waals surface area (Å²) in [7, 11) is 0. The van der Waals surface area contributed by atoms with Gasteiger partial charge in [-0.25, -0.2) is 4.79 Å². The van der Waals surface area contributed by atoms with Crippen LogP contribution < -0.4 is 5.32 Å². The summed E-state index contributed by atoms with van der Waals surface area (Å²) in [4.78, 5) is 42.0. The van der Waals surface area contributed by atoms with Crippen LogP contribution in [0, 0.1) is 12.8 Å². The van der Waals surface area contributed by atoms with Crippen LogP contribution in [0.1, 0.15) is 44.7 Å². The predicted octanol–water partition coefficient (Wildman–Crippen LogP) is 5.45. The molecule has 0 atom stereocenters. The number of rotatable bonds is 6. The zero-order chi connectivity index (χ0) is 23.4. The van der Waals surface area contributed by atoms with Gasteiger partial charge in [0.15, 0.2) is 0 Å². The Kier molecular flexibility index (Phi) is 7.25. The Labute approximate surface area is 201 Å². The second-order valence-electron chi connectivity index (χ2n) is 7.97. The van der Waals surface area contributed by atoms with Crippen molar-refractivity contribution in [2.24, 2.45) is 5.92 Å². The number of thiophene rings is 2. The maximum Gasteiger partial charge on any atom is 0.350 e. The molecule has 33 heavy (non-hydrogen) atoms. The molecule has 0 bridgehead atoms. The van der Waals surface area contributed by atoms with E-state index >= 15 is 0 Å². The summed E-state index contributed by atoms with van der Waals surface area (Å²) in [5.41, 5.74) is 2.62. The monoisotopic (exact) mass is 482 g/mol. The van der Waals surface area contributed by atoms with Crippen LogP contribution in [0.2, 0.25) is 0 Å². The fourth-order valence-corrected chi connectivity index (χ4v) is 5.53. The summed E-state index contributed by atoms with van der Waals surface area (Å²) in [5.74, 6) is -0.756. The van der Waals surface area contributed by atoms with Crippen molar-refractivity contribution in [1.82, 2.24) is 4.90 Å². The molecule has 1 aromatic carbocycles. The molecule has 172 valence electrons. The molecular weight excluding hydrogens is 456 g/mol. The molecule has 0 unspecified atom stereocenters. The Hall–Kier alpha value is -2.97. The number of nitrogens with zero attached hydrogens (tertiary/aromatic N) is 1. The van der Waals surface area contributed by atoms with Crippen LogP contribution in [0.3, 0.4) is 0 Å². The number of carbonyl (C=O) groups excluding carboxylic acids is 3. The van der Waals surface area contributed by atoms with E-state index in [1.54, 1.807) is 11.8 Å². The van der Waals surface area contributed by atoms with Crippen LogP contribution in [0.4, 0.5) is 5.69 Å². The summed E-state index contributed by atoms with van der Waals surface area (Å²) in [5, 5.41) is 4.85. The number of likely N-dealkylation sites (tertiary alicyclic amines) is 1. The number of benzene rings is 1. The average molecular weight is 483 g/mol. The van der Waals surface area contributed by atoms with Crippen LogP contribution in [-0.2, 0) is 9.53 Å². The minimum atomic E-state index is -0.437. The van der Waals surface area contributed by atoms with Gasteiger partial charge in [0.2, 0.25) is 5.91 Å². The zero-order valence-corrected chi connectivity index (χ0v) is 20.3. The number of anilines is 1. The molecule has 3 aromatic rings. The Morgan fingerprint density at radius 1 is 1.12 bits per heavy atom. The van der Waals surface area contributed by atoms with Gasteiger partial charge in [-0.05, 0) is 49.8 Å². The third-order valence-electron chi connectivity index (χ3n) is 5.67. The molecular formula is C25H26N2O4S2. The van der Waals surface area contributed by atoms with E-state index in [4.69, 9.17) is 4.74 Å². The number of amides is 2. The predicted molar refractivity (Wildman–Crippen MR) is 132 cm³/mol. The zero-order valence-electron chi connectivity index (χ0n) is 18.6. The Balaban J connectivity index is 1.46. The summed E-state index contributed by atoms with van der Waals surface area (Å²) in [6.45, 7) is 5.12. The first-order chi connectivity index (χ1) is 16.0. The van der Waals surface area contributed by atoms with E-state index in [0.29, 0.717) is 36.5 Å². The number of hydrogen-bond donors (Lipinski definition) is 1. The molecule has 3 heterocycles. The van der Waals surface area contributed by atoms with Gasteiger partial charge in [-0.1, -0.05) is 35.9 Å². The standard InChI is InChI=1S/C25H26N2O4S2/c1-3-31-25(30)22-19(15-21(33-22)17-8-6-16(2)7-9-17)26-23(28)18-10-12-27(13-11-18)24(29)20-5-4-14-32-20/h4-9,14-15,18H,3,10-13H2,1-2H3,(H,26,28). The Morgan fingerprint density at radius 3 is 2.48 bits per heavy atom. The van der Waals surface area contributed by atoms with Crippen molar-refractivity contribution >= 4 is 46.1 Å². The van der Waals surface area contributed by atoms with E-state index in [2.05, 4.69) is 5.32 Å². The number of hydrogen-bond acceptors (Lipinski definition) is 6. The third kappa shape index (κ3) is 5.34. The molecule has 1 fully saturated rings. The minimum absolute atomic E-state index is 0.0222. The van der Waals surface area contributed by atoms with E-state index < -0.39 is 5.97 Å². The molecule has 6 nitrogen and oxygen atoms in total. The van der Waals surface area contributed by atoms with Crippen molar-refractivity contribution in [2.75, 3.05) is 25.0 Å². The summed E-state index contributed by atoms with van der Waals surface area (Å²) >= 11 is 2.75. The highest BCUT2D eigenvalue weighted by atomic mass is 32.1. The van der Waals surface area contributed by atoms with E-state index in [-0.39, 0.29) is 24.3 Å². The molecule has 1 aliphatic rings. The fraction of sp³-hybridized carbons (Fsp3) is 0.320. The van der Waals surface area contributed by atoms with Crippen molar-refractivity contribution in [2.45, 2.75) is 26.7 Å². The van der Waals surface area contributed by atoms with Gasteiger partial charge in [0, 0.05) is 23.9 Å². The molecule has 1 N–H and O–H groups in total. The fourth-order valence-electron chi connectivity index (χ4n) is 3.83. The Bertz CT molecular complexity index is 1130. The first kappa shape index (κ1) is 23.2. The highest BCUT2D eigenvalue weighted by molar-refractivity contribution is 7.18. The Morgan fingerprint density at radius 2 is 1.85 bits per heavy atom. The van der Waals surface area contributed by atoms with Crippen LogP contribution in [-0.4, -0.2) is 42.4 Å². The van der Waals surface area contributed by atoms with Gasteiger partial charge in [-0.2, -0.15) is 0 Å². The van der Waals surface area contributed by atoms with Crippen LogP contribution in [0.5, 0.6) is 0 Å². The van der Waals surface area contributed by atoms with Gasteiger partial charge >= 0.3 is 5.97 Å². The van der Waals surface area contributed by atoms with Crippen molar-refractivity contribution < 1.29 is 19.1 Å². The summed E-state index contributed by atoms with van der Waals surface area (Å²) in [6, 6.07) is 13.6. The van der Waals surface area contributed by atoms with Crippen LogP contribution >= 0.6 is 22.7 Å². The maximum atomic E-state index is 13.0. The molecule has 0 saturated carbocycles. The van der Waals surface area contributed by atoms with Crippen molar-refractivity contribution in [3.05, 3.63) is 63.2 Å². The lowest BCUT2D eigenvalue weighted by Crippen LogP contribution is -2.41. The van der Waals surface area contributed by atoms with Crippen molar-refractivity contribution in [3.8, 4) is 10.4 Å². The molecule has 0 spiro atoms. The number of esters is 1. The normalized spacial score (nSPS) is 14.2. The van der Waals surface area contributed by atoms with Crippen molar-refractivity contribution in [1.29, 1.82) is 0 Å². The summed E-state index contributed by atoms with van der Waals surface area (Å²) in [6.07, 6.45) is 1.18. The van der Waals surface area contributed by atoms with Crippen LogP contribution in [0.15, 0.2) is 47.8 Å². The van der Waals surface area contributed by atoms with Gasteiger partial charge in [0.05, 0.1) is 17.2 Å². The average Bonchev–Trinajstić information content (AvgIpc) is 3.50. The number of piperidine rings is 1. The van der Waals surface area contributed by atoms with Crippen molar-refractivity contribution in [3.63, 3.8) is 0 Å². The van der Waals surface area contributed by atoms with E-state index in [1.807, 2.05) is 54.8 Å². The molecule has 2 amide bonds. The molecule has 8 heteroatoms. The quantitative estimate of drug-likeness (QED) is 0.474. The highest BCUT2D eigenvalue weighted by Crippen LogP contribution is 2.36. The van der Waals surface area contributed by atoms with E-state index in [1.165, 1.54) is 22.7 Å². The molecule has 1 saturated heterocycles. The number of aryl methyl sites for hydroxylation is 1. The number of nitrogens with one attached hydrogen (secondary N) is 1. The van der Waals surface area contributed by atoms with Gasteiger partial charge < -0.3 is 15.0 Å². The SMILES string of the molecule is CCOC(=O)c1sc(-c2ccc(C)cc2)cc1NC(=O)C1CCN(C(=O)c2cccs2)CC1. The molecule has 1 aliphatic heterocycles. The highest BCUT2D eigenvalue weighted by Gasteiger charge is 2.29. The number of ether oxygens (including phenoxy) is 1. The van der Waals surface area contributed by atoms with E-state index in [0.717, 1.165) is 20.9 Å². The molecule has 2 aromatic heterocycles. The lowest BCUT2D eigenvalue weighted by atomic mass is 9.95. The van der Waals surface area contributed by atoms with Gasteiger partial charge in [-0.15, -0.1) is 22.7 Å². The molecule has 4 rings (SSSR count). The van der Waals surface area contributed by atoms with Gasteiger partial charge in [-0.3, -0.25) is 9.59 Å². The van der Waals surface area contributed by atoms with Crippen LogP contribution in [0.25, 0.3) is 10.4 Å². The second-order valence-corrected chi connectivity index (χ2v) is 9.97. The lowest BCUT2D eigenvalue weighted by molar-refractivity contribution is -0.121. The first-order valence-electron chi connectivity index (χ1n) is 11.0. The lowest BCUT2D eigenvalue weighted by Gasteiger charge is -2.31. The van der Waals surface area contributed by atoms with E-state index in [9.17, 15) is 14.4 Å². The van der Waals surface area contributed by atoms with Gasteiger partial charge in [0.25, 0.3) is 5.91 Å². The summed E-state index contributed by atoms with van der Waals surface area (Å²) < 4.78 is 5.22. The largest absolute Gasteiger partial charge is 0.462 e. The minimum Gasteiger partial charge on any atom is -0.462 e. The number of carbonyl (C=O) groups is 3. The maximum absolute atomic E-state index is 13.0. The molecule has 0 aliphatic carbocycles. The van der Waals surface area contributed by atoms with Gasteiger partial charge in [0.1, 0.15) is 4.88 Å². The topological polar surface area (TPSA) is 75.7 Å². The first-order valence-corrected chi connectivity index (χ1v) is 12.7.